The second-order valence-electron chi connectivity index (χ2n) is 6.32. The van der Waals surface area contributed by atoms with Gasteiger partial charge in [-0.1, -0.05) is 31.0 Å². The van der Waals surface area contributed by atoms with E-state index in [4.69, 9.17) is 11.6 Å². The second kappa shape index (κ2) is 7.77. The maximum Gasteiger partial charge on any atom is 0.275 e. The van der Waals surface area contributed by atoms with Gasteiger partial charge in [0.05, 0.1) is 5.69 Å². The van der Waals surface area contributed by atoms with Crippen LogP contribution in [0.1, 0.15) is 24.6 Å². The van der Waals surface area contributed by atoms with E-state index in [1.54, 1.807) is 12.3 Å². The summed E-state index contributed by atoms with van der Waals surface area (Å²) in [7, 11) is 0. The molecule has 1 aromatic carbocycles. The van der Waals surface area contributed by atoms with Crippen LogP contribution in [0.3, 0.4) is 0 Å². The van der Waals surface area contributed by atoms with Crippen LogP contribution in [-0.4, -0.2) is 29.8 Å². The SMILES string of the molecule is CCCc1cc(=O)n2nc(NCc3cc(-c4cccnn4)ccc3Cl)nc2[nH]1. The van der Waals surface area contributed by atoms with Crippen LogP contribution in [-0.2, 0) is 13.0 Å². The molecule has 0 spiro atoms. The molecule has 4 rings (SSSR count). The molecule has 0 aliphatic carbocycles. The van der Waals surface area contributed by atoms with Gasteiger partial charge >= 0.3 is 0 Å². The lowest BCUT2D eigenvalue weighted by atomic mass is 10.1. The first-order valence-electron chi connectivity index (χ1n) is 8.93. The summed E-state index contributed by atoms with van der Waals surface area (Å²) in [6.07, 6.45) is 3.35. The lowest BCUT2D eigenvalue weighted by Crippen LogP contribution is -2.15. The first-order valence-corrected chi connectivity index (χ1v) is 9.31. The number of hydrogen-bond donors (Lipinski definition) is 2. The molecule has 0 atom stereocenters. The van der Waals surface area contributed by atoms with Crippen LogP contribution in [0.5, 0.6) is 0 Å². The zero-order valence-corrected chi connectivity index (χ0v) is 15.9. The fourth-order valence-corrected chi connectivity index (χ4v) is 3.10. The Morgan fingerprint density at radius 2 is 2.14 bits per heavy atom. The first kappa shape index (κ1) is 18.1. The molecular formula is C19H18ClN7O. The van der Waals surface area contributed by atoms with Crippen LogP contribution in [0, 0.1) is 0 Å². The number of hydrogen-bond acceptors (Lipinski definition) is 6. The number of aryl methyl sites for hydroxylation is 1. The van der Waals surface area contributed by atoms with Gasteiger partial charge < -0.3 is 10.3 Å². The van der Waals surface area contributed by atoms with E-state index < -0.39 is 0 Å². The summed E-state index contributed by atoms with van der Waals surface area (Å²) in [5.41, 5.74) is 3.18. The highest BCUT2D eigenvalue weighted by Crippen LogP contribution is 2.24. The van der Waals surface area contributed by atoms with Crippen molar-refractivity contribution < 1.29 is 0 Å². The minimum atomic E-state index is -0.208. The van der Waals surface area contributed by atoms with E-state index in [1.165, 1.54) is 4.52 Å². The minimum Gasteiger partial charge on any atom is -0.349 e. The van der Waals surface area contributed by atoms with Gasteiger partial charge in [0.25, 0.3) is 5.56 Å². The fraction of sp³-hybridized carbons (Fsp3) is 0.211. The van der Waals surface area contributed by atoms with Crippen molar-refractivity contribution in [3.8, 4) is 11.3 Å². The van der Waals surface area contributed by atoms with Crippen LogP contribution < -0.4 is 10.9 Å². The van der Waals surface area contributed by atoms with E-state index in [-0.39, 0.29) is 5.56 Å². The third-order valence-electron chi connectivity index (χ3n) is 4.26. The Morgan fingerprint density at radius 1 is 1.25 bits per heavy atom. The summed E-state index contributed by atoms with van der Waals surface area (Å²) < 4.78 is 1.25. The zero-order valence-electron chi connectivity index (χ0n) is 15.2. The molecular weight excluding hydrogens is 378 g/mol. The van der Waals surface area contributed by atoms with Crippen molar-refractivity contribution in [1.29, 1.82) is 0 Å². The standard InChI is InChI=1S/C19H18ClN7O/c1-2-4-14-10-17(28)27-19(23-14)24-18(26-27)21-11-13-9-12(6-7-15(13)20)16-5-3-8-22-25-16/h3,5-10H,2,4,11H2,1H3,(H2,21,23,24,26). The molecule has 2 N–H and O–H groups in total. The Bertz CT molecular complexity index is 1170. The lowest BCUT2D eigenvalue weighted by Gasteiger charge is -2.07. The first-order chi connectivity index (χ1) is 13.6. The second-order valence-corrected chi connectivity index (χ2v) is 6.73. The number of aromatic nitrogens is 6. The number of fused-ring (bicyclic) bond motifs is 1. The number of nitrogens with zero attached hydrogens (tertiary/aromatic N) is 5. The van der Waals surface area contributed by atoms with Crippen LogP contribution >= 0.6 is 11.6 Å². The molecule has 9 heteroatoms. The molecule has 0 aliphatic rings. The summed E-state index contributed by atoms with van der Waals surface area (Å²) in [6, 6.07) is 10.9. The highest BCUT2D eigenvalue weighted by atomic mass is 35.5. The van der Waals surface area contributed by atoms with Crippen LogP contribution in [0.4, 0.5) is 5.95 Å². The number of anilines is 1. The zero-order chi connectivity index (χ0) is 19.5. The average Bonchev–Trinajstić information content (AvgIpc) is 3.12. The van der Waals surface area contributed by atoms with Crippen LogP contribution in [0.15, 0.2) is 47.4 Å². The average molecular weight is 396 g/mol. The Balaban J connectivity index is 1.57. The summed E-state index contributed by atoms with van der Waals surface area (Å²) in [4.78, 5) is 19.7. The molecule has 8 nitrogen and oxygen atoms in total. The molecule has 0 unspecified atom stereocenters. The van der Waals surface area contributed by atoms with Gasteiger partial charge in [-0.25, -0.2) is 0 Å². The third-order valence-corrected chi connectivity index (χ3v) is 4.62. The molecule has 3 aromatic heterocycles. The van der Waals surface area contributed by atoms with E-state index in [9.17, 15) is 4.79 Å². The fourth-order valence-electron chi connectivity index (χ4n) is 2.91. The normalized spacial score (nSPS) is 11.1. The molecule has 0 saturated carbocycles. The molecule has 0 radical (unpaired) electrons. The molecule has 4 aromatic rings. The Morgan fingerprint density at radius 3 is 2.93 bits per heavy atom. The molecule has 0 amide bonds. The van der Waals surface area contributed by atoms with Crippen molar-refractivity contribution in [3.63, 3.8) is 0 Å². The van der Waals surface area contributed by atoms with E-state index in [1.807, 2.05) is 30.3 Å². The number of halogens is 1. The predicted molar refractivity (Wildman–Crippen MR) is 107 cm³/mol. The summed E-state index contributed by atoms with van der Waals surface area (Å²) in [6.45, 7) is 2.46. The van der Waals surface area contributed by atoms with Crippen LogP contribution in [0.2, 0.25) is 5.02 Å². The number of H-pyrrole nitrogens is 1. The Kier molecular flexibility index (Phi) is 5.03. The molecule has 0 aliphatic heterocycles. The summed E-state index contributed by atoms with van der Waals surface area (Å²) in [5, 5.41) is 16.0. The molecule has 0 fully saturated rings. The van der Waals surface area contributed by atoms with E-state index in [0.29, 0.717) is 23.3 Å². The Hall–Kier alpha value is -3.26. The molecule has 142 valence electrons. The molecule has 28 heavy (non-hydrogen) atoms. The van der Waals surface area contributed by atoms with Gasteiger partial charge in [-0.15, -0.1) is 5.10 Å². The smallest absolute Gasteiger partial charge is 0.275 e. The summed E-state index contributed by atoms with van der Waals surface area (Å²) >= 11 is 6.33. The van der Waals surface area contributed by atoms with Crippen molar-refractivity contribution in [2.24, 2.45) is 0 Å². The van der Waals surface area contributed by atoms with E-state index >= 15 is 0 Å². The quantitative estimate of drug-likeness (QED) is 0.520. The molecule has 0 bridgehead atoms. The van der Waals surface area contributed by atoms with E-state index in [2.05, 4.69) is 37.5 Å². The molecule has 3 heterocycles. The van der Waals surface area contributed by atoms with Gasteiger partial charge in [-0.3, -0.25) is 4.79 Å². The highest BCUT2D eigenvalue weighted by Gasteiger charge is 2.10. The predicted octanol–water partition coefficient (Wildman–Crippen LogP) is 3.09. The van der Waals surface area contributed by atoms with Crippen molar-refractivity contribution in [2.75, 3.05) is 5.32 Å². The lowest BCUT2D eigenvalue weighted by molar-refractivity contribution is 0.837. The number of aromatic amines is 1. The van der Waals surface area contributed by atoms with Gasteiger partial charge in [0.15, 0.2) is 0 Å². The summed E-state index contributed by atoms with van der Waals surface area (Å²) in [5.74, 6) is 0.765. The van der Waals surface area contributed by atoms with Crippen molar-refractivity contribution >= 4 is 23.3 Å². The van der Waals surface area contributed by atoms with Gasteiger partial charge in [0.2, 0.25) is 11.7 Å². The number of benzene rings is 1. The minimum absolute atomic E-state index is 0.208. The Labute approximate surface area is 165 Å². The molecule has 0 saturated heterocycles. The van der Waals surface area contributed by atoms with Crippen molar-refractivity contribution in [2.45, 2.75) is 26.3 Å². The largest absolute Gasteiger partial charge is 0.349 e. The van der Waals surface area contributed by atoms with Crippen molar-refractivity contribution in [1.82, 2.24) is 29.8 Å². The monoisotopic (exact) mass is 395 g/mol. The van der Waals surface area contributed by atoms with E-state index in [0.717, 1.165) is 35.4 Å². The van der Waals surface area contributed by atoms with Gasteiger partial charge in [-0.05, 0) is 36.2 Å². The van der Waals surface area contributed by atoms with Gasteiger partial charge in [0.1, 0.15) is 0 Å². The van der Waals surface area contributed by atoms with Crippen molar-refractivity contribution in [3.05, 3.63) is 69.2 Å². The maximum atomic E-state index is 12.2. The van der Waals surface area contributed by atoms with Crippen LogP contribution in [0.25, 0.3) is 17.0 Å². The third kappa shape index (κ3) is 3.72. The maximum absolute atomic E-state index is 12.2. The van der Waals surface area contributed by atoms with Gasteiger partial charge in [0, 0.05) is 35.1 Å². The highest BCUT2D eigenvalue weighted by molar-refractivity contribution is 6.31. The topological polar surface area (TPSA) is 101 Å². The number of nitrogens with one attached hydrogen (secondary N) is 2. The number of rotatable bonds is 6. The van der Waals surface area contributed by atoms with Gasteiger partial charge in [-0.2, -0.15) is 19.7 Å².